The summed E-state index contributed by atoms with van der Waals surface area (Å²) in [5.74, 6) is -3.35. The van der Waals surface area contributed by atoms with E-state index in [9.17, 15) is 23.6 Å². The number of halogens is 1. The lowest BCUT2D eigenvalue weighted by atomic mass is 9.88. The molecule has 42 heavy (non-hydrogen) atoms. The van der Waals surface area contributed by atoms with Gasteiger partial charge in [-0.3, -0.25) is 14.4 Å². The summed E-state index contributed by atoms with van der Waals surface area (Å²) < 4.78 is 21.6. The van der Waals surface area contributed by atoms with Crippen LogP contribution in [0, 0.1) is 5.92 Å². The Kier molecular flexibility index (Phi) is 7.87. The molecule has 0 aliphatic carbocycles. The average molecular weight is 579 g/mol. The number of piperazine rings is 1. The third-order valence-corrected chi connectivity index (χ3v) is 7.02. The first-order valence-electron chi connectivity index (χ1n) is 13.5. The number of hydrogen-bond donors (Lipinski definition) is 2. The van der Waals surface area contributed by atoms with Gasteiger partial charge in [-0.2, -0.15) is 0 Å². The molecular weight excluding hydrogens is 547 g/mol. The molecule has 3 aliphatic rings. The molecule has 14 heteroatoms. The summed E-state index contributed by atoms with van der Waals surface area (Å²) in [6.45, 7) is 5.62. The van der Waals surface area contributed by atoms with Crippen LogP contribution in [0.25, 0.3) is 0 Å². The highest BCUT2D eigenvalue weighted by Gasteiger charge is 2.45. The largest absolute Gasteiger partial charge is 0.444 e. The summed E-state index contributed by atoms with van der Waals surface area (Å²) in [5.41, 5.74) is -0.192. The highest BCUT2D eigenvalue weighted by atomic mass is 19.1. The van der Waals surface area contributed by atoms with Crippen molar-refractivity contribution in [1.29, 1.82) is 0 Å². The maximum atomic E-state index is 14.9. The molecule has 2 aromatic rings. The Bertz CT molecular complexity index is 1460. The van der Waals surface area contributed by atoms with E-state index in [1.807, 2.05) is 0 Å². The Morgan fingerprint density at radius 2 is 1.76 bits per heavy atom. The zero-order valence-corrected chi connectivity index (χ0v) is 23.4. The van der Waals surface area contributed by atoms with Crippen LogP contribution in [0.15, 0.2) is 71.5 Å². The Hall–Kier alpha value is -4.88. The Balaban J connectivity index is 1.23. The van der Waals surface area contributed by atoms with Crippen LogP contribution in [-0.2, 0) is 19.1 Å². The molecule has 13 nitrogen and oxygen atoms in total. The van der Waals surface area contributed by atoms with Gasteiger partial charge in [0.05, 0.1) is 30.6 Å². The second kappa shape index (κ2) is 11.5. The fourth-order valence-corrected chi connectivity index (χ4v) is 5.04. The van der Waals surface area contributed by atoms with E-state index >= 15 is 0 Å². The third kappa shape index (κ3) is 5.92. The fraction of sp³-hybridized carbons (Fsp3) is 0.393. The van der Waals surface area contributed by atoms with Gasteiger partial charge in [0.1, 0.15) is 17.5 Å². The van der Waals surface area contributed by atoms with Crippen molar-refractivity contribution in [3.05, 3.63) is 72.1 Å². The number of fused-ring (bicyclic) bond motifs is 1. The van der Waals surface area contributed by atoms with Crippen molar-refractivity contribution < 1.29 is 28.3 Å². The normalized spacial score (nSPS) is 20.8. The molecule has 0 saturated carbocycles. The number of aromatic nitrogens is 3. The standard InChI is InChI=1S/C28H31FN8O5/c1-28(2,3)42-27(41)33-21(17-7-5-4-6-8-17)25(39)35-11-13-36(14-12-35)26(40)23(38)18-15-30-22-20(18)19(29)16-31-24(22)37-10-9-32-34-37/h4-10,15-16,20-22,30H,11-14H2,1-3H3,(H,33,41)/t20?,21-,22?/m0/s1. The molecule has 1 aromatic heterocycles. The number of hydrogen-bond acceptors (Lipinski definition) is 9. The number of benzene rings is 1. The SMILES string of the molecule is CC(C)(C)OC(=O)N[C@H](C(=O)N1CCN(C(=O)C(=O)C2=CNC3C(n4ccnn4)=NC=C(F)C23)CC1)c1ccccc1. The van der Waals surface area contributed by atoms with E-state index in [1.54, 1.807) is 57.3 Å². The first-order chi connectivity index (χ1) is 20.0. The number of nitrogens with zero attached hydrogens (tertiary/aromatic N) is 6. The molecule has 2 N–H and O–H groups in total. The van der Waals surface area contributed by atoms with Crippen LogP contribution in [0.1, 0.15) is 32.4 Å². The van der Waals surface area contributed by atoms with Gasteiger partial charge in [0.2, 0.25) is 11.7 Å². The topological polar surface area (TPSA) is 151 Å². The number of carbonyl (C=O) groups is 4. The van der Waals surface area contributed by atoms with E-state index in [1.165, 1.54) is 26.9 Å². The van der Waals surface area contributed by atoms with Crippen LogP contribution in [0.2, 0.25) is 0 Å². The molecular formula is C28H31FN8O5. The van der Waals surface area contributed by atoms with Gasteiger partial charge in [0.25, 0.3) is 5.91 Å². The minimum absolute atomic E-state index is 0.0181. The number of carbonyl (C=O) groups excluding carboxylic acids is 4. The van der Waals surface area contributed by atoms with Crippen LogP contribution in [0.5, 0.6) is 0 Å². The smallest absolute Gasteiger partial charge is 0.408 e. The highest BCUT2D eigenvalue weighted by Crippen LogP contribution is 2.34. The van der Waals surface area contributed by atoms with E-state index in [0.29, 0.717) is 11.4 Å². The molecule has 220 valence electrons. The molecule has 1 fully saturated rings. The number of alkyl carbamates (subject to hydrolysis) is 1. The molecule has 0 bridgehead atoms. The quantitative estimate of drug-likeness (QED) is 0.505. The first-order valence-corrected chi connectivity index (χ1v) is 13.5. The second-order valence-corrected chi connectivity index (χ2v) is 11.0. The molecule has 3 amide bonds. The number of amides is 3. The predicted octanol–water partition coefficient (Wildman–Crippen LogP) is 1.33. The molecule has 3 aliphatic heterocycles. The average Bonchev–Trinajstić information content (AvgIpc) is 3.66. The predicted molar refractivity (Wildman–Crippen MR) is 147 cm³/mol. The number of aliphatic imine (C=N–C) groups is 1. The van der Waals surface area contributed by atoms with Crippen LogP contribution in [-0.4, -0.2) is 92.1 Å². The van der Waals surface area contributed by atoms with Crippen molar-refractivity contribution in [1.82, 2.24) is 35.4 Å². The number of ether oxygens (including phenoxy) is 1. The summed E-state index contributed by atoms with van der Waals surface area (Å²) in [6, 6.07) is 7.05. The zero-order chi connectivity index (χ0) is 30.0. The molecule has 2 unspecified atom stereocenters. The van der Waals surface area contributed by atoms with Gasteiger partial charge >= 0.3 is 6.09 Å². The molecule has 0 spiro atoms. The number of nitrogens with one attached hydrogen (secondary N) is 2. The van der Waals surface area contributed by atoms with Crippen molar-refractivity contribution in [2.45, 2.75) is 38.5 Å². The van der Waals surface area contributed by atoms with E-state index in [2.05, 4.69) is 25.9 Å². The number of Topliss-reactive ketones (excluding diaryl/α,β-unsaturated/α-hetero) is 1. The lowest BCUT2D eigenvalue weighted by molar-refractivity contribution is -0.146. The van der Waals surface area contributed by atoms with Gasteiger partial charge in [0, 0.05) is 38.0 Å². The maximum absolute atomic E-state index is 14.9. The molecule has 1 aromatic carbocycles. The van der Waals surface area contributed by atoms with Crippen LogP contribution >= 0.6 is 0 Å². The van der Waals surface area contributed by atoms with Crippen LogP contribution in [0.4, 0.5) is 9.18 Å². The Morgan fingerprint density at radius 1 is 1.07 bits per heavy atom. The molecule has 3 atom stereocenters. The third-order valence-electron chi connectivity index (χ3n) is 7.02. The monoisotopic (exact) mass is 578 g/mol. The van der Waals surface area contributed by atoms with Gasteiger partial charge in [-0.05, 0) is 26.3 Å². The van der Waals surface area contributed by atoms with Gasteiger partial charge < -0.3 is 25.2 Å². The Morgan fingerprint density at radius 3 is 2.40 bits per heavy atom. The lowest BCUT2D eigenvalue weighted by Gasteiger charge is -2.36. The summed E-state index contributed by atoms with van der Waals surface area (Å²) in [7, 11) is 0. The van der Waals surface area contributed by atoms with Gasteiger partial charge in [-0.1, -0.05) is 35.5 Å². The van der Waals surface area contributed by atoms with Crippen LogP contribution < -0.4 is 10.6 Å². The molecule has 5 rings (SSSR count). The lowest BCUT2D eigenvalue weighted by Crippen LogP contribution is -2.55. The second-order valence-electron chi connectivity index (χ2n) is 11.0. The molecule has 0 radical (unpaired) electrons. The summed E-state index contributed by atoms with van der Waals surface area (Å²) in [6.07, 6.45) is 4.61. The van der Waals surface area contributed by atoms with Crippen molar-refractivity contribution in [3.8, 4) is 0 Å². The van der Waals surface area contributed by atoms with Gasteiger partial charge in [-0.15, -0.1) is 5.10 Å². The minimum atomic E-state index is -1.04. The van der Waals surface area contributed by atoms with E-state index in [-0.39, 0.29) is 37.7 Å². The summed E-state index contributed by atoms with van der Waals surface area (Å²) in [5, 5.41) is 13.2. The minimum Gasteiger partial charge on any atom is -0.444 e. The highest BCUT2D eigenvalue weighted by molar-refractivity contribution is 6.43. The van der Waals surface area contributed by atoms with E-state index < -0.39 is 47.2 Å². The number of rotatable bonds is 5. The maximum Gasteiger partial charge on any atom is 0.408 e. The van der Waals surface area contributed by atoms with E-state index in [0.717, 1.165) is 6.20 Å². The van der Waals surface area contributed by atoms with Gasteiger partial charge in [0.15, 0.2) is 5.84 Å². The first kappa shape index (κ1) is 28.6. The summed E-state index contributed by atoms with van der Waals surface area (Å²) >= 11 is 0. The van der Waals surface area contributed by atoms with Crippen molar-refractivity contribution in [3.63, 3.8) is 0 Å². The van der Waals surface area contributed by atoms with E-state index in [4.69, 9.17) is 4.74 Å². The fourth-order valence-electron chi connectivity index (χ4n) is 5.04. The number of ketones is 1. The van der Waals surface area contributed by atoms with Crippen LogP contribution in [0.3, 0.4) is 0 Å². The van der Waals surface area contributed by atoms with Crippen molar-refractivity contribution in [2.24, 2.45) is 10.9 Å². The molecule has 4 heterocycles. The Labute approximate surface area is 241 Å². The summed E-state index contributed by atoms with van der Waals surface area (Å²) in [4.78, 5) is 59.5. The van der Waals surface area contributed by atoms with Crippen molar-refractivity contribution in [2.75, 3.05) is 26.2 Å². The molecule has 1 saturated heterocycles. The zero-order valence-electron chi connectivity index (χ0n) is 23.4. The van der Waals surface area contributed by atoms with Gasteiger partial charge in [-0.25, -0.2) is 18.9 Å². The van der Waals surface area contributed by atoms with Crippen molar-refractivity contribution >= 4 is 29.5 Å².